The van der Waals surface area contributed by atoms with Crippen LogP contribution >= 0.6 is 0 Å². The summed E-state index contributed by atoms with van der Waals surface area (Å²) in [7, 11) is 0. The maximum Gasteiger partial charge on any atom is 0.301 e. The number of hydrogen-bond donors (Lipinski definition) is 1. The van der Waals surface area contributed by atoms with Gasteiger partial charge in [0.05, 0.1) is 0 Å². The highest BCUT2D eigenvalue weighted by Gasteiger charge is 2.61. The molecule has 22 heavy (non-hydrogen) atoms. The number of amides is 1. The van der Waals surface area contributed by atoms with E-state index >= 15 is 0 Å². The van der Waals surface area contributed by atoms with Gasteiger partial charge < -0.3 is 9.73 Å². The number of rotatable bonds is 3. The molecule has 0 unspecified atom stereocenters. The van der Waals surface area contributed by atoms with Gasteiger partial charge in [-0.25, -0.2) is 18.7 Å². The molecule has 1 atom stereocenters. The van der Waals surface area contributed by atoms with Crippen LogP contribution in [0.1, 0.15) is 17.7 Å². The van der Waals surface area contributed by atoms with Crippen LogP contribution in [0.3, 0.4) is 0 Å². The molecule has 8 heteroatoms. The van der Waals surface area contributed by atoms with Crippen molar-refractivity contribution < 1.29 is 22.4 Å². The smallest absolute Gasteiger partial charge is 0.301 e. The summed E-state index contributed by atoms with van der Waals surface area (Å²) >= 11 is 0. The van der Waals surface area contributed by atoms with Gasteiger partial charge in [0.1, 0.15) is 17.4 Å². The molecule has 1 N–H and O–H groups in total. The van der Waals surface area contributed by atoms with E-state index in [1.165, 1.54) is 19.2 Å². The molecule has 1 aliphatic rings. The summed E-state index contributed by atoms with van der Waals surface area (Å²) < 4.78 is 43.9. The lowest BCUT2D eigenvalue weighted by molar-refractivity contribution is -0.119. The number of oxazole rings is 1. The number of anilines is 1. The van der Waals surface area contributed by atoms with Crippen molar-refractivity contribution in [3.8, 4) is 11.5 Å². The lowest BCUT2D eigenvalue weighted by atomic mass is 10.1. The molecule has 2 aromatic rings. The van der Waals surface area contributed by atoms with Gasteiger partial charge in [-0.2, -0.15) is 4.39 Å². The molecule has 0 aliphatic heterocycles. The molecule has 116 valence electrons. The molecule has 0 saturated heterocycles. The zero-order valence-corrected chi connectivity index (χ0v) is 11.8. The van der Waals surface area contributed by atoms with E-state index in [9.17, 15) is 18.0 Å². The van der Waals surface area contributed by atoms with Crippen molar-refractivity contribution in [2.24, 2.45) is 5.92 Å². The molecular weight excluding hydrogens is 299 g/mol. The highest BCUT2D eigenvalue weighted by molar-refractivity contribution is 5.94. The molecule has 5 nitrogen and oxygen atoms in total. The third kappa shape index (κ3) is 2.56. The molecule has 2 aromatic heterocycles. The summed E-state index contributed by atoms with van der Waals surface area (Å²) in [5.41, 5.74) is 1.19. The summed E-state index contributed by atoms with van der Waals surface area (Å²) in [5, 5.41) is 2.33. The van der Waals surface area contributed by atoms with Crippen molar-refractivity contribution in [3.05, 3.63) is 29.5 Å². The second-order valence-electron chi connectivity index (χ2n) is 5.27. The maximum atomic E-state index is 13.3. The predicted octanol–water partition coefficient (Wildman–Crippen LogP) is 3.09. The molecule has 2 heterocycles. The molecular formula is C14H12F3N3O2. The number of aryl methyl sites for hydroxylation is 2. The van der Waals surface area contributed by atoms with E-state index < -0.39 is 30.2 Å². The summed E-state index contributed by atoms with van der Waals surface area (Å²) in [6.45, 7) is 3.16. The van der Waals surface area contributed by atoms with Crippen LogP contribution in [0, 0.1) is 25.8 Å². The van der Waals surface area contributed by atoms with Gasteiger partial charge in [-0.3, -0.25) is 4.79 Å². The number of nitrogens with zero attached hydrogens (tertiary/aromatic N) is 2. The molecule has 3 rings (SSSR count). The van der Waals surface area contributed by atoms with Crippen LogP contribution in [0.15, 0.2) is 16.7 Å². The Kier molecular flexibility index (Phi) is 3.19. The zero-order valence-electron chi connectivity index (χ0n) is 11.8. The predicted molar refractivity (Wildman–Crippen MR) is 70.8 cm³/mol. The second-order valence-corrected chi connectivity index (χ2v) is 5.27. The van der Waals surface area contributed by atoms with E-state index in [2.05, 4.69) is 15.3 Å². The Hall–Kier alpha value is -2.38. The Morgan fingerprint density at radius 3 is 2.68 bits per heavy atom. The molecule has 0 aromatic carbocycles. The number of halogens is 3. The van der Waals surface area contributed by atoms with Crippen LogP contribution < -0.4 is 5.32 Å². The Morgan fingerprint density at radius 1 is 1.45 bits per heavy atom. The van der Waals surface area contributed by atoms with E-state index in [-0.39, 0.29) is 17.4 Å². The highest BCUT2D eigenvalue weighted by atomic mass is 19.3. The van der Waals surface area contributed by atoms with Gasteiger partial charge in [-0.15, -0.1) is 0 Å². The summed E-state index contributed by atoms with van der Waals surface area (Å²) in [5.74, 6) is -4.92. The lowest BCUT2D eigenvalue weighted by Crippen LogP contribution is -2.18. The first-order valence-electron chi connectivity index (χ1n) is 6.56. The largest absolute Gasteiger partial charge is 0.411 e. The first-order valence-corrected chi connectivity index (χ1v) is 6.56. The van der Waals surface area contributed by atoms with Crippen molar-refractivity contribution in [1.82, 2.24) is 9.97 Å². The van der Waals surface area contributed by atoms with Crippen molar-refractivity contribution in [1.29, 1.82) is 0 Å². The number of pyridine rings is 1. The first-order chi connectivity index (χ1) is 10.3. The maximum absolute atomic E-state index is 13.3. The SMILES string of the molecule is Cc1cnc(NC(=O)[C@H]2CC2(F)F)cc1-c1nc(C)c(F)o1. The molecule has 1 fully saturated rings. The average Bonchev–Trinajstić information content (AvgIpc) is 2.96. The van der Waals surface area contributed by atoms with Crippen molar-refractivity contribution in [2.75, 3.05) is 5.32 Å². The minimum Gasteiger partial charge on any atom is -0.411 e. The lowest BCUT2D eigenvalue weighted by Gasteiger charge is -2.07. The minimum atomic E-state index is -2.94. The Labute approximate surface area is 123 Å². The zero-order chi connectivity index (χ0) is 16.1. The van der Waals surface area contributed by atoms with Gasteiger partial charge >= 0.3 is 6.01 Å². The third-order valence-electron chi connectivity index (χ3n) is 3.47. The van der Waals surface area contributed by atoms with Crippen LogP contribution in [-0.2, 0) is 4.79 Å². The van der Waals surface area contributed by atoms with Gasteiger partial charge in [0.15, 0.2) is 0 Å². The van der Waals surface area contributed by atoms with E-state index in [0.29, 0.717) is 11.1 Å². The average molecular weight is 311 g/mol. The van der Waals surface area contributed by atoms with Gasteiger partial charge in [-0.05, 0) is 25.5 Å². The van der Waals surface area contributed by atoms with Crippen molar-refractivity contribution in [3.63, 3.8) is 0 Å². The Bertz CT molecular complexity index is 738. The first kappa shape index (κ1) is 14.6. The fourth-order valence-electron chi connectivity index (χ4n) is 2.03. The fourth-order valence-corrected chi connectivity index (χ4v) is 2.03. The molecule has 0 spiro atoms. The van der Waals surface area contributed by atoms with Crippen LogP contribution in [0.4, 0.5) is 19.0 Å². The standard InChI is InChI=1S/C14H12F3N3O2/c1-6-5-18-10(20-12(21)9-4-14(9,16)17)3-8(6)13-19-7(2)11(15)22-13/h3,5,9H,4H2,1-2H3,(H,18,20,21)/t9-/m1/s1. The van der Waals surface area contributed by atoms with Gasteiger partial charge in [0.25, 0.3) is 5.92 Å². The number of nitrogens with one attached hydrogen (secondary N) is 1. The molecule has 0 radical (unpaired) electrons. The topological polar surface area (TPSA) is 68.0 Å². The Morgan fingerprint density at radius 2 is 2.14 bits per heavy atom. The highest BCUT2D eigenvalue weighted by Crippen LogP contribution is 2.49. The van der Waals surface area contributed by atoms with Crippen molar-refractivity contribution >= 4 is 11.7 Å². The summed E-state index contributed by atoms with van der Waals surface area (Å²) in [6, 6.07) is 0.618. The van der Waals surface area contributed by atoms with Crippen LogP contribution in [0.5, 0.6) is 0 Å². The fraction of sp³-hybridized carbons (Fsp3) is 0.357. The molecule has 0 bridgehead atoms. The summed E-state index contributed by atoms with van der Waals surface area (Å²) in [6.07, 6.45) is 0.967. The number of carbonyl (C=O) groups excluding carboxylic acids is 1. The summed E-state index contributed by atoms with van der Waals surface area (Å²) in [4.78, 5) is 19.5. The monoisotopic (exact) mass is 311 g/mol. The van der Waals surface area contributed by atoms with Gasteiger partial charge in [0.2, 0.25) is 11.8 Å². The van der Waals surface area contributed by atoms with Gasteiger partial charge in [-0.1, -0.05) is 0 Å². The molecule has 1 saturated carbocycles. The van der Waals surface area contributed by atoms with E-state index in [1.807, 2.05) is 0 Å². The van der Waals surface area contributed by atoms with Crippen LogP contribution in [0.25, 0.3) is 11.5 Å². The van der Waals surface area contributed by atoms with Gasteiger partial charge in [0, 0.05) is 18.2 Å². The van der Waals surface area contributed by atoms with E-state index in [4.69, 9.17) is 4.42 Å². The molecule has 1 aliphatic carbocycles. The van der Waals surface area contributed by atoms with Crippen LogP contribution in [0.2, 0.25) is 0 Å². The molecule has 1 amide bonds. The normalized spacial score (nSPS) is 19.0. The quantitative estimate of drug-likeness (QED) is 0.946. The second kappa shape index (κ2) is 4.82. The minimum absolute atomic E-state index is 0.0437. The number of hydrogen-bond acceptors (Lipinski definition) is 4. The number of alkyl halides is 2. The number of carbonyl (C=O) groups is 1. The third-order valence-corrected chi connectivity index (χ3v) is 3.47. The number of aromatic nitrogens is 2. The van der Waals surface area contributed by atoms with E-state index in [1.54, 1.807) is 6.92 Å². The van der Waals surface area contributed by atoms with Crippen molar-refractivity contribution in [2.45, 2.75) is 26.2 Å². The van der Waals surface area contributed by atoms with Crippen LogP contribution in [-0.4, -0.2) is 21.8 Å². The Balaban J connectivity index is 1.85. The van der Waals surface area contributed by atoms with E-state index in [0.717, 1.165) is 0 Å².